The lowest BCUT2D eigenvalue weighted by Crippen LogP contribution is -2.41. The SMILES string of the molecule is COc1cc(C)cc(OC[C@@H]2CNCCO2)c1-c1cc(Nc2cnc(C#N)cn2)n[nH]1. The Bertz CT molecular complexity index is 1070. The third kappa shape index (κ3) is 4.91. The summed E-state index contributed by atoms with van der Waals surface area (Å²) in [6.07, 6.45) is 2.86. The molecular weight excluding hydrogens is 398 g/mol. The zero-order chi connectivity index (χ0) is 21.6. The Balaban J connectivity index is 1.58. The average molecular weight is 421 g/mol. The van der Waals surface area contributed by atoms with Crippen molar-refractivity contribution in [2.45, 2.75) is 13.0 Å². The predicted octanol–water partition coefficient (Wildman–Crippen LogP) is 2.17. The van der Waals surface area contributed by atoms with E-state index in [2.05, 4.69) is 30.8 Å². The van der Waals surface area contributed by atoms with Crippen LogP contribution in [0.2, 0.25) is 0 Å². The summed E-state index contributed by atoms with van der Waals surface area (Å²) in [5.41, 5.74) is 2.75. The number of H-pyrrole nitrogens is 1. The number of nitrogens with zero attached hydrogens (tertiary/aromatic N) is 4. The summed E-state index contributed by atoms with van der Waals surface area (Å²) in [5.74, 6) is 2.37. The van der Waals surface area contributed by atoms with Gasteiger partial charge in [0.1, 0.15) is 36.1 Å². The first-order valence-electron chi connectivity index (χ1n) is 9.85. The van der Waals surface area contributed by atoms with Crippen molar-refractivity contribution in [3.05, 3.63) is 41.9 Å². The highest BCUT2D eigenvalue weighted by molar-refractivity contribution is 5.77. The maximum Gasteiger partial charge on any atom is 0.158 e. The number of morpholine rings is 1. The molecule has 2 aromatic heterocycles. The number of aryl methyl sites for hydroxylation is 1. The van der Waals surface area contributed by atoms with Gasteiger partial charge in [-0.15, -0.1) is 0 Å². The van der Waals surface area contributed by atoms with Crippen LogP contribution < -0.4 is 20.1 Å². The van der Waals surface area contributed by atoms with Gasteiger partial charge in [-0.3, -0.25) is 5.10 Å². The number of methoxy groups -OCH3 is 1. The first kappa shape index (κ1) is 20.6. The minimum Gasteiger partial charge on any atom is -0.496 e. The van der Waals surface area contributed by atoms with Crippen molar-refractivity contribution in [3.8, 4) is 28.8 Å². The lowest BCUT2D eigenvalue weighted by Gasteiger charge is -2.24. The number of nitriles is 1. The van der Waals surface area contributed by atoms with Gasteiger partial charge < -0.3 is 24.8 Å². The van der Waals surface area contributed by atoms with Crippen molar-refractivity contribution in [2.75, 3.05) is 38.7 Å². The van der Waals surface area contributed by atoms with E-state index in [-0.39, 0.29) is 11.8 Å². The van der Waals surface area contributed by atoms with Gasteiger partial charge in [0.2, 0.25) is 0 Å². The molecule has 3 N–H and O–H groups in total. The number of anilines is 2. The van der Waals surface area contributed by atoms with Gasteiger partial charge in [-0.05, 0) is 24.6 Å². The molecule has 1 fully saturated rings. The molecule has 0 bridgehead atoms. The number of aromatic amines is 1. The lowest BCUT2D eigenvalue weighted by molar-refractivity contribution is 0.000269. The van der Waals surface area contributed by atoms with Gasteiger partial charge in [0.25, 0.3) is 0 Å². The van der Waals surface area contributed by atoms with Crippen molar-refractivity contribution in [1.82, 2.24) is 25.5 Å². The molecule has 160 valence electrons. The van der Waals surface area contributed by atoms with Gasteiger partial charge in [0.05, 0.1) is 37.4 Å². The summed E-state index contributed by atoms with van der Waals surface area (Å²) < 4.78 is 17.5. The molecule has 10 heteroatoms. The molecule has 0 saturated carbocycles. The van der Waals surface area contributed by atoms with Crippen LogP contribution in [0.5, 0.6) is 11.5 Å². The summed E-state index contributed by atoms with van der Waals surface area (Å²) in [5, 5.41) is 22.5. The van der Waals surface area contributed by atoms with Crippen LogP contribution in [0.1, 0.15) is 11.3 Å². The molecule has 1 aromatic carbocycles. The Morgan fingerprint density at radius 3 is 2.81 bits per heavy atom. The molecule has 0 radical (unpaired) electrons. The minimum absolute atomic E-state index is 0.0120. The highest BCUT2D eigenvalue weighted by Gasteiger charge is 2.20. The quantitative estimate of drug-likeness (QED) is 0.525. The Morgan fingerprint density at radius 2 is 2.10 bits per heavy atom. The molecule has 1 aliphatic heterocycles. The van der Waals surface area contributed by atoms with Crippen LogP contribution >= 0.6 is 0 Å². The number of hydrogen-bond donors (Lipinski definition) is 3. The van der Waals surface area contributed by atoms with E-state index in [1.807, 2.05) is 31.2 Å². The first-order valence-corrected chi connectivity index (χ1v) is 9.85. The second-order valence-electron chi connectivity index (χ2n) is 7.04. The molecule has 31 heavy (non-hydrogen) atoms. The van der Waals surface area contributed by atoms with Gasteiger partial charge in [0, 0.05) is 19.2 Å². The molecule has 1 aliphatic rings. The summed E-state index contributed by atoms with van der Waals surface area (Å²) in [7, 11) is 1.62. The predicted molar refractivity (Wildman–Crippen MR) is 113 cm³/mol. The van der Waals surface area contributed by atoms with E-state index in [1.54, 1.807) is 7.11 Å². The third-order valence-electron chi connectivity index (χ3n) is 4.73. The van der Waals surface area contributed by atoms with Crippen molar-refractivity contribution >= 4 is 11.6 Å². The van der Waals surface area contributed by atoms with Crippen LogP contribution in [0.15, 0.2) is 30.6 Å². The zero-order valence-electron chi connectivity index (χ0n) is 17.3. The van der Waals surface area contributed by atoms with Gasteiger partial charge in [-0.2, -0.15) is 10.4 Å². The molecule has 4 rings (SSSR count). The molecule has 3 heterocycles. The van der Waals surface area contributed by atoms with Gasteiger partial charge in [-0.25, -0.2) is 9.97 Å². The van der Waals surface area contributed by atoms with Crippen LogP contribution in [-0.4, -0.2) is 59.7 Å². The zero-order valence-corrected chi connectivity index (χ0v) is 17.3. The van der Waals surface area contributed by atoms with Gasteiger partial charge >= 0.3 is 0 Å². The minimum atomic E-state index is -0.0120. The third-order valence-corrected chi connectivity index (χ3v) is 4.73. The summed E-state index contributed by atoms with van der Waals surface area (Å²) >= 11 is 0. The number of hydrogen-bond acceptors (Lipinski definition) is 9. The number of benzene rings is 1. The summed E-state index contributed by atoms with van der Waals surface area (Å²) in [6, 6.07) is 7.68. The maximum absolute atomic E-state index is 8.84. The van der Waals surface area contributed by atoms with Crippen molar-refractivity contribution in [3.63, 3.8) is 0 Å². The standard InChI is InChI=1S/C21H23N7O3/c1-13-5-17(29-2)21(18(6-13)31-12-15-10-23-3-4-30-15)16-7-19(28-27-16)26-20-11-24-14(8-22)9-25-20/h5-7,9,11,15,23H,3-4,10,12H2,1-2H3,(H2,25,26,27,28)/t15-/m0/s1. The maximum atomic E-state index is 8.84. The molecule has 3 aromatic rings. The van der Waals surface area contributed by atoms with Crippen LogP contribution in [0.25, 0.3) is 11.3 Å². The van der Waals surface area contributed by atoms with Crippen LogP contribution in [0.4, 0.5) is 11.6 Å². The molecular formula is C21H23N7O3. The van der Waals surface area contributed by atoms with Crippen molar-refractivity contribution < 1.29 is 14.2 Å². The van der Waals surface area contributed by atoms with E-state index in [9.17, 15) is 0 Å². The van der Waals surface area contributed by atoms with E-state index in [0.29, 0.717) is 36.3 Å². The van der Waals surface area contributed by atoms with E-state index in [4.69, 9.17) is 19.5 Å². The number of aromatic nitrogens is 4. The second kappa shape index (κ2) is 9.42. The highest BCUT2D eigenvalue weighted by atomic mass is 16.5. The monoisotopic (exact) mass is 421 g/mol. The molecule has 1 saturated heterocycles. The Labute approximate surface area is 179 Å². The molecule has 0 aliphatic carbocycles. The average Bonchev–Trinajstić information content (AvgIpc) is 3.26. The highest BCUT2D eigenvalue weighted by Crippen LogP contribution is 2.39. The summed E-state index contributed by atoms with van der Waals surface area (Å²) in [6.45, 7) is 4.69. The van der Waals surface area contributed by atoms with E-state index < -0.39 is 0 Å². The second-order valence-corrected chi connectivity index (χ2v) is 7.04. The fraction of sp³-hybridized carbons (Fsp3) is 0.333. The topological polar surface area (TPSA) is 130 Å². The molecule has 10 nitrogen and oxygen atoms in total. The van der Waals surface area contributed by atoms with E-state index in [1.165, 1.54) is 12.4 Å². The molecule has 1 atom stereocenters. The normalized spacial score (nSPS) is 15.8. The number of rotatable bonds is 7. The Morgan fingerprint density at radius 1 is 1.23 bits per heavy atom. The van der Waals surface area contributed by atoms with E-state index >= 15 is 0 Å². The van der Waals surface area contributed by atoms with E-state index in [0.717, 1.165) is 29.9 Å². The first-order chi connectivity index (χ1) is 15.2. The smallest absolute Gasteiger partial charge is 0.158 e. The Kier molecular flexibility index (Phi) is 6.26. The fourth-order valence-electron chi connectivity index (χ4n) is 3.27. The van der Waals surface area contributed by atoms with Crippen LogP contribution in [0.3, 0.4) is 0 Å². The molecule has 0 unspecified atom stereocenters. The van der Waals surface area contributed by atoms with Crippen LogP contribution in [-0.2, 0) is 4.74 Å². The van der Waals surface area contributed by atoms with Gasteiger partial charge in [-0.1, -0.05) is 0 Å². The number of ether oxygens (including phenoxy) is 3. The van der Waals surface area contributed by atoms with Crippen molar-refractivity contribution in [2.24, 2.45) is 0 Å². The van der Waals surface area contributed by atoms with Gasteiger partial charge in [0.15, 0.2) is 11.5 Å². The summed E-state index contributed by atoms with van der Waals surface area (Å²) in [4.78, 5) is 8.15. The Hall–Kier alpha value is -3.68. The lowest BCUT2D eigenvalue weighted by atomic mass is 10.1. The van der Waals surface area contributed by atoms with Crippen LogP contribution in [0, 0.1) is 18.3 Å². The fourth-order valence-corrected chi connectivity index (χ4v) is 3.27. The molecule has 0 amide bonds. The molecule has 0 spiro atoms. The van der Waals surface area contributed by atoms with Crippen molar-refractivity contribution in [1.29, 1.82) is 5.26 Å². The number of nitrogens with one attached hydrogen (secondary N) is 3. The largest absolute Gasteiger partial charge is 0.496 e.